The highest BCUT2D eigenvalue weighted by atomic mass is 16.3. The fraction of sp³-hybridized carbons (Fsp3) is 0.300. The molecule has 25 heavy (non-hydrogen) atoms. The Morgan fingerprint density at radius 1 is 1.24 bits per heavy atom. The van der Waals surface area contributed by atoms with E-state index in [2.05, 4.69) is 46.9 Å². The molecule has 5 nitrogen and oxygen atoms in total. The molecule has 0 saturated carbocycles. The molecule has 5 heteroatoms. The van der Waals surface area contributed by atoms with E-state index in [9.17, 15) is 4.79 Å². The first-order chi connectivity index (χ1) is 12.1. The molecule has 1 aromatic carbocycles. The van der Waals surface area contributed by atoms with Gasteiger partial charge in [-0.25, -0.2) is 4.98 Å². The third-order valence-electron chi connectivity index (χ3n) is 4.59. The predicted octanol–water partition coefficient (Wildman–Crippen LogP) is 3.21. The van der Waals surface area contributed by atoms with E-state index in [-0.39, 0.29) is 5.56 Å². The number of hydrogen-bond acceptors (Lipinski definition) is 4. The molecule has 1 aliphatic rings. The second kappa shape index (κ2) is 6.33. The molecule has 3 heterocycles. The van der Waals surface area contributed by atoms with Crippen LogP contribution < -0.4 is 5.56 Å². The topological polar surface area (TPSA) is 62.1 Å². The minimum atomic E-state index is -0.0533. The van der Waals surface area contributed by atoms with Crippen LogP contribution >= 0.6 is 0 Å². The number of benzene rings is 1. The quantitative estimate of drug-likeness (QED) is 0.798. The van der Waals surface area contributed by atoms with Crippen molar-refractivity contribution in [2.75, 3.05) is 6.54 Å². The van der Waals surface area contributed by atoms with Crippen LogP contribution in [0.25, 0.3) is 11.6 Å². The lowest BCUT2D eigenvalue weighted by Crippen LogP contribution is -2.35. The highest BCUT2D eigenvalue weighted by molar-refractivity contribution is 5.47. The van der Waals surface area contributed by atoms with Crippen LogP contribution in [0.1, 0.15) is 27.9 Å². The molecule has 0 unspecified atom stereocenters. The minimum absolute atomic E-state index is 0.0533. The maximum absolute atomic E-state index is 12.4. The summed E-state index contributed by atoms with van der Waals surface area (Å²) in [5, 5.41) is 0. The molecule has 0 fully saturated rings. The van der Waals surface area contributed by atoms with Crippen molar-refractivity contribution in [1.29, 1.82) is 0 Å². The second-order valence-electron chi connectivity index (χ2n) is 6.77. The molecule has 0 aliphatic carbocycles. The Bertz CT molecular complexity index is 937. The van der Waals surface area contributed by atoms with Gasteiger partial charge in [0.2, 0.25) is 0 Å². The van der Waals surface area contributed by atoms with Gasteiger partial charge in [-0.1, -0.05) is 29.3 Å². The van der Waals surface area contributed by atoms with Crippen molar-refractivity contribution in [2.45, 2.75) is 33.4 Å². The summed E-state index contributed by atoms with van der Waals surface area (Å²) in [6.07, 6.45) is 2.31. The average Bonchev–Trinajstić information content (AvgIpc) is 3.08. The van der Waals surface area contributed by atoms with E-state index in [1.54, 1.807) is 18.4 Å². The maximum Gasteiger partial charge on any atom is 0.254 e. The van der Waals surface area contributed by atoms with Crippen molar-refractivity contribution in [3.05, 3.63) is 74.9 Å². The lowest BCUT2D eigenvalue weighted by molar-refractivity contribution is 0.240. The molecule has 2 aromatic heterocycles. The summed E-state index contributed by atoms with van der Waals surface area (Å²) in [4.78, 5) is 22.2. The van der Waals surface area contributed by atoms with Gasteiger partial charge in [-0.2, -0.15) is 0 Å². The number of aromatic nitrogens is 2. The van der Waals surface area contributed by atoms with Crippen molar-refractivity contribution in [3.8, 4) is 11.6 Å². The molecule has 1 aliphatic heterocycles. The number of rotatable bonds is 3. The summed E-state index contributed by atoms with van der Waals surface area (Å²) in [6, 6.07) is 10.2. The first-order valence-corrected chi connectivity index (χ1v) is 8.54. The van der Waals surface area contributed by atoms with Gasteiger partial charge in [-0.3, -0.25) is 9.69 Å². The van der Waals surface area contributed by atoms with Crippen LogP contribution in [0.5, 0.6) is 0 Å². The number of H-pyrrole nitrogens is 1. The Kier molecular flexibility index (Phi) is 4.01. The highest BCUT2D eigenvalue weighted by Gasteiger charge is 2.22. The van der Waals surface area contributed by atoms with Gasteiger partial charge < -0.3 is 9.40 Å². The number of aromatic amines is 1. The molecule has 1 N–H and O–H groups in total. The zero-order valence-corrected chi connectivity index (χ0v) is 14.5. The van der Waals surface area contributed by atoms with Crippen LogP contribution in [-0.2, 0) is 19.5 Å². The van der Waals surface area contributed by atoms with Gasteiger partial charge in [-0.15, -0.1) is 0 Å². The summed E-state index contributed by atoms with van der Waals surface area (Å²) < 4.78 is 5.37. The molecular formula is C20H21N3O2. The van der Waals surface area contributed by atoms with Crippen LogP contribution in [0, 0.1) is 13.8 Å². The average molecular weight is 335 g/mol. The Morgan fingerprint density at radius 2 is 2.04 bits per heavy atom. The van der Waals surface area contributed by atoms with Crippen molar-refractivity contribution >= 4 is 0 Å². The molecule has 4 rings (SSSR count). The standard InChI is InChI=1S/C20H21N3O2/c1-13-8-14(2)10-15(9-13)11-23-6-5-16-17(12-23)21-19(22-20(16)24)18-4-3-7-25-18/h3-4,7-10H,5-6,11-12H2,1-2H3,(H,21,22,24). The molecule has 0 amide bonds. The number of nitrogens with one attached hydrogen (secondary N) is 1. The van der Waals surface area contributed by atoms with E-state index in [0.29, 0.717) is 18.1 Å². The van der Waals surface area contributed by atoms with Crippen molar-refractivity contribution < 1.29 is 4.42 Å². The van der Waals surface area contributed by atoms with Crippen molar-refractivity contribution in [2.24, 2.45) is 0 Å². The van der Waals surface area contributed by atoms with E-state index in [0.717, 1.165) is 30.8 Å². The van der Waals surface area contributed by atoms with E-state index in [1.165, 1.54) is 16.7 Å². The van der Waals surface area contributed by atoms with E-state index >= 15 is 0 Å². The Balaban J connectivity index is 1.61. The third-order valence-corrected chi connectivity index (χ3v) is 4.59. The highest BCUT2D eigenvalue weighted by Crippen LogP contribution is 2.21. The van der Waals surface area contributed by atoms with Crippen molar-refractivity contribution in [3.63, 3.8) is 0 Å². The van der Waals surface area contributed by atoms with Gasteiger partial charge in [0.05, 0.1) is 12.0 Å². The molecule has 0 radical (unpaired) electrons. The smallest absolute Gasteiger partial charge is 0.254 e. The normalized spacial score (nSPS) is 14.5. The fourth-order valence-electron chi connectivity index (χ4n) is 3.58. The maximum atomic E-state index is 12.4. The number of furan rings is 1. The van der Waals surface area contributed by atoms with Crippen LogP contribution in [0.2, 0.25) is 0 Å². The van der Waals surface area contributed by atoms with Gasteiger partial charge in [0.15, 0.2) is 11.6 Å². The molecule has 0 saturated heterocycles. The Labute approximate surface area is 146 Å². The zero-order chi connectivity index (χ0) is 17.4. The SMILES string of the molecule is Cc1cc(C)cc(CN2CCc3c(nc(-c4ccco4)[nH]c3=O)C2)c1. The molecule has 128 valence electrons. The zero-order valence-electron chi connectivity index (χ0n) is 14.5. The number of aryl methyl sites for hydroxylation is 2. The molecule has 0 bridgehead atoms. The third kappa shape index (κ3) is 3.28. The minimum Gasteiger partial charge on any atom is -0.461 e. The van der Waals surface area contributed by atoms with Gasteiger partial charge in [-0.05, 0) is 38.0 Å². The summed E-state index contributed by atoms with van der Waals surface area (Å²) in [5.41, 5.74) is 5.46. The van der Waals surface area contributed by atoms with Crippen LogP contribution in [-0.4, -0.2) is 21.4 Å². The predicted molar refractivity (Wildman–Crippen MR) is 96.3 cm³/mol. The number of fused-ring (bicyclic) bond motifs is 1. The Morgan fingerprint density at radius 3 is 2.76 bits per heavy atom. The largest absolute Gasteiger partial charge is 0.461 e. The van der Waals surface area contributed by atoms with Crippen molar-refractivity contribution in [1.82, 2.24) is 14.9 Å². The van der Waals surface area contributed by atoms with Gasteiger partial charge in [0.25, 0.3) is 5.56 Å². The number of nitrogens with zero attached hydrogens (tertiary/aromatic N) is 2. The van der Waals surface area contributed by atoms with E-state index < -0.39 is 0 Å². The number of hydrogen-bond donors (Lipinski definition) is 1. The molecular weight excluding hydrogens is 314 g/mol. The van der Waals surface area contributed by atoms with Gasteiger partial charge >= 0.3 is 0 Å². The molecule has 3 aromatic rings. The molecule has 0 atom stereocenters. The lowest BCUT2D eigenvalue weighted by Gasteiger charge is -2.27. The second-order valence-corrected chi connectivity index (χ2v) is 6.77. The fourth-order valence-corrected chi connectivity index (χ4v) is 3.58. The first kappa shape index (κ1) is 15.8. The van der Waals surface area contributed by atoms with Crippen LogP contribution in [0.15, 0.2) is 45.8 Å². The first-order valence-electron chi connectivity index (χ1n) is 8.54. The summed E-state index contributed by atoms with van der Waals surface area (Å²) >= 11 is 0. The Hall–Kier alpha value is -2.66. The summed E-state index contributed by atoms with van der Waals surface area (Å²) in [7, 11) is 0. The summed E-state index contributed by atoms with van der Waals surface area (Å²) in [5.74, 6) is 1.09. The summed E-state index contributed by atoms with van der Waals surface area (Å²) in [6.45, 7) is 6.66. The van der Waals surface area contributed by atoms with Gasteiger partial charge in [0.1, 0.15) is 0 Å². The monoisotopic (exact) mass is 335 g/mol. The van der Waals surface area contributed by atoms with Crippen LogP contribution in [0.3, 0.4) is 0 Å². The molecule has 0 spiro atoms. The van der Waals surface area contributed by atoms with Gasteiger partial charge in [0, 0.05) is 25.2 Å². The van der Waals surface area contributed by atoms with E-state index in [4.69, 9.17) is 4.42 Å². The van der Waals surface area contributed by atoms with E-state index in [1.807, 2.05) is 0 Å². The van der Waals surface area contributed by atoms with Crippen LogP contribution in [0.4, 0.5) is 0 Å². The lowest BCUT2D eigenvalue weighted by atomic mass is 10.0.